The largest absolute Gasteiger partial charge is 0.314 e. The summed E-state index contributed by atoms with van der Waals surface area (Å²) in [6.45, 7) is 7.84. The van der Waals surface area contributed by atoms with Gasteiger partial charge in [0.2, 0.25) is 0 Å². The van der Waals surface area contributed by atoms with Crippen LogP contribution < -0.4 is 5.32 Å². The first-order chi connectivity index (χ1) is 7.18. The highest BCUT2D eigenvalue weighted by atomic mass is 14.9. The predicted molar refractivity (Wildman–Crippen MR) is 67.1 cm³/mol. The number of aryl methyl sites for hydroxylation is 1. The first-order valence-corrected chi connectivity index (χ1v) is 5.96. The highest BCUT2D eigenvalue weighted by molar-refractivity contribution is 5.14. The Bertz CT molecular complexity index is 253. The zero-order valence-electron chi connectivity index (χ0n) is 10.2. The lowest BCUT2D eigenvalue weighted by Gasteiger charge is -2.14. The van der Waals surface area contributed by atoms with Crippen LogP contribution in [0.1, 0.15) is 32.8 Å². The van der Waals surface area contributed by atoms with Crippen LogP contribution in [0.25, 0.3) is 0 Å². The van der Waals surface area contributed by atoms with Crippen LogP contribution in [-0.2, 0) is 6.42 Å². The van der Waals surface area contributed by atoms with Crippen molar-refractivity contribution in [3.05, 3.63) is 35.9 Å². The van der Waals surface area contributed by atoms with E-state index in [9.17, 15) is 0 Å². The number of hydrogen-bond acceptors (Lipinski definition) is 1. The molecule has 0 spiro atoms. The van der Waals surface area contributed by atoms with Gasteiger partial charge in [0, 0.05) is 6.04 Å². The normalized spacial score (nSPS) is 13.1. The minimum Gasteiger partial charge on any atom is -0.314 e. The molecule has 1 unspecified atom stereocenters. The topological polar surface area (TPSA) is 12.0 Å². The Morgan fingerprint density at radius 2 is 1.73 bits per heavy atom. The summed E-state index contributed by atoms with van der Waals surface area (Å²) in [7, 11) is 0. The molecule has 1 nitrogen and oxygen atoms in total. The van der Waals surface area contributed by atoms with Gasteiger partial charge in [-0.3, -0.25) is 0 Å². The lowest BCUT2D eigenvalue weighted by Crippen LogP contribution is -2.28. The van der Waals surface area contributed by atoms with Crippen molar-refractivity contribution in [2.75, 3.05) is 6.54 Å². The van der Waals surface area contributed by atoms with Gasteiger partial charge in [-0.2, -0.15) is 0 Å². The molecule has 0 aliphatic heterocycles. The number of hydrogen-bond donors (Lipinski definition) is 1. The van der Waals surface area contributed by atoms with E-state index in [1.54, 1.807) is 0 Å². The van der Waals surface area contributed by atoms with Crippen molar-refractivity contribution >= 4 is 0 Å². The van der Waals surface area contributed by atoms with E-state index < -0.39 is 0 Å². The zero-order valence-corrected chi connectivity index (χ0v) is 10.2. The minimum absolute atomic E-state index is 0.601. The van der Waals surface area contributed by atoms with Gasteiger partial charge in [-0.1, -0.05) is 51.1 Å². The van der Waals surface area contributed by atoms with Crippen LogP contribution in [0.4, 0.5) is 0 Å². The maximum atomic E-state index is 3.48. The first-order valence-electron chi connectivity index (χ1n) is 5.96. The van der Waals surface area contributed by atoms with Crippen LogP contribution in [0.2, 0.25) is 0 Å². The van der Waals surface area contributed by atoms with E-state index in [1.165, 1.54) is 18.4 Å². The van der Waals surface area contributed by atoms with Crippen LogP contribution in [0.3, 0.4) is 0 Å². The predicted octanol–water partition coefficient (Wildman–Crippen LogP) is 3.25. The molecule has 0 amide bonds. The molecule has 1 N–H and O–H groups in total. The fraction of sp³-hybridized carbons (Fsp3) is 0.571. The van der Waals surface area contributed by atoms with Crippen molar-refractivity contribution in [2.24, 2.45) is 5.92 Å². The lowest BCUT2D eigenvalue weighted by atomic mass is 10.0. The van der Waals surface area contributed by atoms with Crippen LogP contribution in [0.15, 0.2) is 30.3 Å². The second-order valence-electron chi connectivity index (χ2n) is 4.69. The average molecular weight is 205 g/mol. The Kier molecular flexibility index (Phi) is 5.41. The number of nitrogens with one attached hydrogen (secondary N) is 1. The Morgan fingerprint density at radius 1 is 1.07 bits per heavy atom. The van der Waals surface area contributed by atoms with Crippen molar-refractivity contribution in [2.45, 2.75) is 39.7 Å². The molecule has 1 rings (SSSR count). The summed E-state index contributed by atoms with van der Waals surface area (Å²) in [6.07, 6.45) is 2.46. The van der Waals surface area contributed by atoms with Crippen molar-refractivity contribution in [1.82, 2.24) is 5.32 Å². The molecule has 1 heteroatoms. The standard InChI is InChI=1S/C14H23N/c1-12(2)15-11-13(3)9-10-14-7-5-4-6-8-14/h4-8,12-13,15H,9-11H2,1-3H3. The van der Waals surface area contributed by atoms with E-state index in [-0.39, 0.29) is 0 Å². The maximum absolute atomic E-state index is 3.48. The van der Waals surface area contributed by atoms with Crippen molar-refractivity contribution in [3.63, 3.8) is 0 Å². The van der Waals surface area contributed by atoms with Gasteiger partial charge in [0.1, 0.15) is 0 Å². The van der Waals surface area contributed by atoms with E-state index >= 15 is 0 Å². The van der Waals surface area contributed by atoms with E-state index in [4.69, 9.17) is 0 Å². The van der Waals surface area contributed by atoms with E-state index in [0.717, 1.165) is 12.5 Å². The Balaban J connectivity index is 2.19. The van der Waals surface area contributed by atoms with Crippen LogP contribution in [0.5, 0.6) is 0 Å². The third kappa shape index (κ3) is 5.58. The van der Waals surface area contributed by atoms with E-state index in [0.29, 0.717) is 6.04 Å². The van der Waals surface area contributed by atoms with Crippen LogP contribution in [-0.4, -0.2) is 12.6 Å². The molecule has 0 aromatic heterocycles. The first kappa shape index (κ1) is 12.3. The second kappa shape index (κ2) is 6.62. The zero-order chi connectivity index (χ0) is 11.1. The summed E-state index contributed by atoms with van der Waals surface area (Å²) in [5.41, 5.74) is 1.45. The molecular weight excluding hydrogens is 182 g/mol. The summed E-state index contributed by atoms with van der Waals surface area (Å²) < 4.78 is 0. The van der Waals surface area contributed by atoms with E-state index in [2.05, 4.69) is 56.4 Å². The fourth-order valence-electron chi connectivity index (χ4n) is 1.60. The molecule has 0 aliphatic rings. The molecule has 0 fully saturated rings. The lowest BCUT2D eigenvalue weighted by molar-refractivity contribution is 0.454. The van der Waals surface area contributed by atoms with Gasteiger partial charge in [-0.25, -0.2) is 0 Å². The summed E-state index contributed by atoms with van der Waals surface area (Å²) in [5, 5.41) is 3.48. The molecule has 1 atom stereocenters. The minimum atomic E-state index is 0.601. The average Bonchev–Trinajstić information content (AvgIpc) is 2.25. The molecule has 0 bridgehead atoms. The Morgan fingerprint density at radius 3 is 2.33 bits per heavy atom. The smallest absolute Gasteiger partial charge is 0.00104 e. The summed E-state index contributed by atoms with van der Waals surface area (Å²) in [5.74, 6) is 0.757. The summed E-state index contributed by atoms with van der Waals surface area (Å²) >= 11 is 0. The monoisotopic (exact) mass is 205 g/mol. The molecule has 1 aromatic rings. The quantitative estimate of drug-likeness (QED) is 0.751. The molecule has 0 aliphatic carbocycles. The molecule has 0 saturated heterocycles. The van der Waals surface area contributed by atoms with E-state index in [1.807, 2.05) is 0 Å². The maximum Gasteiger partial charge on any atom is 0.00104 e. The van der Waals surface area contributed by atoms with Crippen LogP contribution >= 0.6 is 0 Å². The number of rotatable bonds is 6. The van der Waals surface area contributed by atoms with Gasteiger partial charge in [-0.15, -0.1) is 0 Å². The van der Waals surface area contributed by atoms with Crippen molar-refractivity contribution < 1.29 is 0 Å². The molecule has 15 heavy (non-hydrogen) atoms. The Labute approximate surface area is 93.9 Å². The highest BCUT2D eigenvalue weighted by Crippen LogP contribution is 2.08. The molecule has 0 saturated carbocycles. The van der Waals surface area contributed by atoms with Crippen molar-refractivity contribution in [3.8, 4) is 0 Å². The van der Waals surface area contributed by atoms with Gasteiger partial charge < -0.3 is 5.32 Å². The van der Waals surface area contributed by atoms with Crippen LogP contribution in [0, 0.1) is 5.92 Å². The molecule has 84 valence electrons. The summed E-state index contributed by atoms with van der Waals surface area (Å²) in [6, 6.07) is 11.3. The fourth-order valence-corrected chi connectivity index (χ4v) is 1.60. The summed E-state index contributed by atoms with van der Waals surface area (Å²) in [4.78, 5) is 0. The SMILES string of the molecule is CC(CCc1ccccc1)CNC(C)C. The van der Waals surface area contributed by atoms with Gasteiger partial charge in [-0.05, 0) is 30.9 Å². The van der Waals surface area contributed by atoms with Crippen molar-refractivity contribution in [1.29, 1.82) is 0 Å². The highest BCUT2D eigenvalue weighted by Gasteiger charge is 2.03. The third-order valence-electron chi connectivity index (χ3n) is 2.64. The number of benzene rings is 1. The third-order valence-corrected chi connectivity index (χ3v) is 2.64. The van der Waals surface area contributed by atoms with Gasteiger partial charge >= 0.3 is 0 Å². The molecule has 1 aromatic carbocycles. The second-order valence-corrected chi connectivity index (χ2v) is 4.69. The molecule has 0 heterocycles. The van der Waals surface area contributed by atoms with Gasteiger partial charge in [0.05, 0.1) is 0 Å². The molecule has 0 radical (unpaired) electrons. The Hall–Kier alpha value is -0.820. The van der Waals surface area contributed by atoms with Gasteiger partial charge in [0.25, 0.3) is 0 Å². The van der Waals surface area contributed by atoms with Gasteiger partial charge in [0.15, 0.2) is 0 Å². The molecular formula is C14H23N.